The first-order valence-corrected chi connectivity index (χ1v) is 5.33. The first-order valence-electron chi connectivity index (χ1n) is 3.48. The van der Waals surface area contributed by atoms with Gasteiger partial charge >= 0.3 is 10.3 Å². The van der Waals surface area contributed by atoms with Crippen molar-refractivity contribution >= 4 is 21.9 Å². The molecule has 0 bridgehead atoms. The van der Waals surface area contributed by atoms with Crippen LogP contribution in [0.3, 0.4) is 0 Å². The number of ether oxygens (including phenoxy) is 1. The van der Waals surface area contributed by atoms with Gasteiger partial charge in [-0.2, -0.15) is 13.6 Å². The van der Waals surface area contributed by atoms with Gasteiger partial charge in [-0.3, -0.25) is 0 Å². The molecule has 1 aromatic rings. The van der Waals surface area contributed by atoms with Crippen LogP contribution in [-0.2, 0) is 10.3 Å². The minimum atomic E-state index is -4.05. The van der Waals surface area contributed by atoms with E-state index in [0.717, 1.165) is 0 Å². The zero-order chi connectivity index (χ0) is 10.8. The Hall–Kier alpha value is -0.980. The predicted octanol–water partition coefficient (Wildman–Crippen LogP) is 0.931. The van der Waals surface area contributed by atoms with Crippen molar-refractivity contribution in [3.63, 3.8) is 0 Å². The summed E-state index contributed by atoms with van der Waals surface area (Å²) in [6, 6.07) is 4.23. The molecule has 0 unspecified atom stereocenters. The monoisotopic (exact) mass is 237 g/mol. The smallest absolute Gasteiger partial charge is 0.380 e. The predicted molar refractivity (Wildman–Crippen MR) is 51.7 cm³/mol. The van der Waals surface area contributed by atoms with Crippen LogP contribution in [0, 0.1) is 0 Å². The van der Waals surface area contributed by atoms with Crippen LogP contribution in [0.15, 0.2) is 18.2 Å². The summed E-state index contributed by atoms with van der Waals surface area (Å²) in [6.07, 6.45) is 0. The van der Waals surface area contributed by atoms with Gasteiger partial charge in [0.15, 0.2) is 11.5 Å². The summed E-state index contributed by atoms with van der Waals surface area (Å²) in [5.41, 5.74) is 0. The highest BCUT2D eigenvalue weighted by atomic mass is 35.5. The number of methoxy groups -OCH3 is 1. The Morgan fingerprint density at radius 2 is 2.00 bits per heavy atom. The minimum absolute atomic E-state index is 0.000556. The lowest BCUT2D eigenvalue weighted by atomic mass is 10.3. The molecule has 0 aliphatic rings. The van der Waals surface area contributed by atoms with Crippen LogP contribution in [-0.4, -0.2) is 15.5 Å². The van der Waals surface area contributed by atoms with E-state index in [-0.39, 0.29) is 11.5 Å². The zero-order valence-electron chi connectivity index (χ0n) is 7.23. The van der Waals surface area contributed by atoms with Crippen LogP contribution >= 0.6 is 11.6 Å². The maximum atomic E-state index is 10.6. The molecule has 0 fully saturated rings. The average Bonchev–Trinajstić information content (AvgIpc) is 2.06. The Morgan fingerprint density at radius 3 is 2.50 bits per heavy atom. The molecule has 0 atom stereocenters. The number of benzene rings is 1. The number of rotatable bonds is 3. The van der Waals surface area contributed by atoms with E-state index in [1.165, 1.54) is 25.3 Å². The van der Waals surface area contributed by atoms with Crippen molar-refractivity contribution in [3.05, 3.63) is 23.2 Å². The average molecular weight is 238 g/mol. The maximum Gasteiger partial charge on any atom is 0.380 e. The molecule has 7 heteroatoms. The van der Waals surface area contributed by atoms with Crippen LogP contribution in [0.5, 0.6) is 11.5 Å². The first-order chi connectivity index (χ1) is 6.42. The van der Waals surface area contributed by atoms with Gasteiger partial charge in [-0.05, 0) is 12.1 Å². The molecule has 0 saturated carbocycles. The van der Waals surface area contributed by atoms with Gasteiger partial charge in [0.2, 0.25) is 0 Å². The van der Waals surface area contributed by atoms with E-state index in [1.54, 1.807) is 0 Å². The number of nitrogens with two attached hydrogens (primary N) is 1. The molecule has 1 rings (SSSR count). The van der Waals surface area contributed by atoms with Gasteiger partial charge in [0.25, 0.3) is 0 Å². The molecule has 0 aliphatic carbocycles. The molecule has 0 heterocycles. The third-order valence-corrected chi connectivity index (χ3v) is 1.98. The second-order valence-electron chi connectivity index (χ2n) is 2.37. The lowest BCUT2D eigenvalue weighted by Gasteiger charge is -2.07. The lowest BCUT2D eigenvalue weighted by Crippen LogP contribution is -2.19. The van der Waals surface area contributed by atoms with Crippen LogP contribution in [0.4, 0.5) is 0 Å². The van der Waals surface area contributed by atoms with Gasteiger partial charge in [-0.1, -0.05) is 11.6 Å². The van der Waals surface area contributed by atoms with Crippen molar-refractivity contribution in [3.8, 4) is 11.5 Å². The SMILES string of the molecule is COc1cc(Cl)ccc1OS(N)(=O)=O. The minimum Gasteiger partial charge on any atom is -0.493 e. The van der Waals surface area contributed by atoms with Gasteiger partial charge < -0.3 is 8.92 Å². The summed E-state index contributed by atoms with van der Waals surface area (Å²) in [4.78, 5) is 0. The summed E-state index contributed by atoms with van der Waals surface area (Å²) >= 11 is 5.65. The number of halogens is 1. The van der Waals surface area contributed by atoms with Crippen LogP contribution in [0.2, 0.25) is 5.02 Å². The van der Waals surface area contributed by atoms with Crippen molar-refractivity contribution in [2.24, 2.45) is 5.14 Å². The quantitative estimate of drug-likeness (QED) is 0.848. The molecule has 1 aromatic carbocycles. The van der Waals surface area contributed by atoms with Gasteiger partial charge in [0.05, 0.1) is 7.11 Å². The summed E-state index contributed by atoms with van der Waals surface area (Å²) < 4.78 is 30.5. The Bertz CT molecular complexity index is 431. The fourth-order valence-corrected chi connectivity index (χ4v) is 1.39. The van der Waals surface area contributed by atoms with Crippen molar-refractivity contribution in [2.75, 3.05) is 7.11 Å². The van der Waals surface area contributed by atoms with E-state index >= 15 is 0 Å². The first kappa shape index (κ1) is 11.1. The summed E-state index contributed by atoms with van der Waals surface area (Å²) in [6.45, 7) is 0. The topological polar surface area (TPSA) is 78.6 Å². The van der Waals surface area contributed by atoms with E-state index in [1.807, 2.05) is 0 Å². The Morgan fingerprint density at radius 1 is 1.36 bits per heavy atom. The molecule has 0 spiro atoms. The Labute approximate surface area is 86.6 Å². The van der Waals surface area contributed by atoms with E-state index in [2.05, 4.69) is 4.18 Å². The largest absolute Gasteiger partial charge is 0.493 e. The van der Waals surface area contributed by atoms with Gasteiger partial charge in [0, 0.05) is 11.1 Å². The molecule has 0 aliphatic heterocycles. The highest BCUT2D eigenvalue weighted by Gasteiger charge is 2.10. The van der Waals surface area contributed by atoms with Gasteiger partial charge in [0.1, 0.15) is 0 Å². The molecule has 0 radical (unpaired) electrons. The summed E-state index contributed by atoms with van der Waals surface area (Å²) in [5, 5.41) is 5.10. The van der Waals surface area contributed by atoms with Crippen molar-refractivity contribution in [2.45, 2.75) is 0 Å². The molecule has 5 nitrogen and oxygen atoms in total. The van der Waals surface area contributed by atoms with Crippen LogP contribution in [0.1, 0.15) is 0 Å². The highest BCUT2D eigenvalue weighted by Crippen LogP contribution is 2.30. The standard InChI is InChI=1S/C7H8ClNO4S/c1-12-7-4-5(8)2-3-6(7)13-14(9,10)11/h2-4H,1H3,(H2,9,10,11). The molecule has 0 saturated heterocycles. The van der Waals surface area contributed by atoms with Crippen LogP contribution in [0.25, 0.3) is 0 Å². The normalized spacial score (nSPS) is 11.1. The second-order valence-corrected chi connectivity index (χ2v) is 3.96. The summed E-state index contributed by atoms with van der Waals surface area (Å²) in [7, 11) is -2.68. The fourth-order valence-electron chi connectivity index (χ4n) is 0.835. The van der Waals surface area contributed by atoms with E-state index in [0.29, 0.717) is 5.02 Å². The maximum absolute atomic E-state index is 10.6. The highest BCUT2D eigenvalue weighted by molar-refractivity contribution is 7.84. The Kier molecular flexibility index (Phi) is 3.20. The molecule has 14 heavy (non-hydrogen) atoms. The van der Waals surface area contributed by atoms with Crippen molar-refractivity contribution < 1.29 is 17.3 Å². The van der Waals surface area contributed by atoms with Crippen molar-refractivity contribution in [1.82, 2.24) is 0 Å². The van der Waals surface area contributed by atoms with E-state index < -0.39 is 10.3 Å². The fraction of sp³-hybridized carbons (Fsp3) is 0.143. The van der Waals surface area contributed by atoms with Gasteiger partial charge in [-0.25, -0.2) is 0 Å². The third kappa shape index (κ3) is 3.06. The molecular formula is C7H8ClNO4S. The number of hydrogen-bond donors (Lipinski definition) is 1. The molecule has 2 N–H and O–H groups in total. The zero-order valence-corrected chi connectivity index (χ0v) is 8.80. The van der Waals surface area contributed by atoms with E-state index in [4.69, 9.17) is 21.5 Å². The van der Waals surface area contributed by atoms with Crippen molar-refractivity contribution in [1.29, 1.82) is 0 Å². The van der Waals surface area contributed by atoms with Gasteiger partial charge in [-0.15, -0.1) is 0 Å². The third-order valence-electron chi connectivity index (χ3n) is 1.33. The second kappa shape index (κ2) is 4.04. The van der Waals surface area contributed by atoms with Crippen LogP contribution < -0.4 is 14.1 Å². The molecule has 0 amide bonds. The molecule has 78 valence electrons. The molecule has 0 aromatic heterocycles. The lowest BCUT2D eigenvalue weighted by molar-refractivity contribution is 0.391. The summed E-state index contributed by atoms with van der Waals surface area (Å²) in [5.74, 6) is 0.200. The van der Waals surface area contributed by atoms with E-state index in [9.17, 15) is 8.42 Å². The molecular weight excluding hydrogens is 230 g/mol. The number of hydrogen-bond acceptors (Lipinski definition) is 4. The Balaban J connectivity index is 3.09.